The molecule has 12 heteroatoms. The van der Waals surface area contributed by atoms with Crippen LogP contribution in [-0.2, 0) is 15.8 Å². The standard InChI is InChI=1S/C19H21F3N6O2S/c1-10(2)16(18(29)27-9-19(20,21)22)28-12-3-11(5-24-6-12)15-8-26-17-14(15)4-13(7-25-17)31(23)30/h3-8,10,16,28H,9,23H2,1-2H3,(H,25,26)(H,27,29). The van der Waals surface area contributed by atoms with Gasteiger partial charge in [0.05, 0.1) is 10.6 Å². The Morgan fingerprint density at radius 3 is 2.65 bits per heavy atom. The number of aromatic nitrogens is 3. The molecule has 3 rings (SSSR count). The number of amides is 1. The molecular formula is C19H21F3N6O2S. The predicted octanol–water partition coefficient (Wildman–Crippen LogP) is 2.72. The molecule has 0 spiro atoms. The third-order valence-corrected chi connectivity index (χ3v) is 5.21. The Bertz CT molecular complexity index is 1120. The van der Waals surface area contributed by atoms with E-state index >= 15 is 0 Å². The fourth-order valence-corrected chi connectivity index (χ4v) is 3.40. The molecule has 3 heterocycles. The second kappa shape index (κ2) is 9.02. The number of nitrogens with two attached hydrogens (primary N) is 1. The van der Waals surface area contributed by atoms with Gasteiger partial charge in [-0.2, -0.15) is 13.2 Å². The van der Waals surface area contributed by atoms with Crippen LogP contribution >= 0.6 is 0 Å². The van der Waals surface area contributed by atoms with Crippen molar-refractivity contribution >= 4 is 33.6 Å². The maximum Gasteiger partial charge on any atom is 0.405 e. The zero-order valence-corrected chi connectivity index (χ0v) is 17.5. The molecule has 0 aromatic carbocycles. The highest BCUT2D eigenvalue weighted by Gasteiger charge is 2.30. The third-order valence-electron chi connectivity index (χ3n) is 4.52. The predicted molar refractivity (Wildman–Crippen MR) is 111 cm³/mol. The Morgan fingerprint density at radius 1 is 1.26 bits per heavy atom. The van der Waals surface area contributed by atoms with Crippen molar-refractivity contribution in [3.8, 4) is 11.1 Å². The van der Waals surface area contributed by atoms with E-state index < -0.39 is 35.7 Å². The molecule has 3 aromatic heterocycles. The highest BCUT2D eigenvalue weighted by Crippen LogP contribution is 2.30. The summed E-state index contributed by atoms with van der Waals surface area (Å²) >= 11 is 0. The zero-order chi connectivity index (χ0) is 22.8. The first-order chi connectivity index (χ1) is 14.5. The van der Waals surface area contributed by atoms with Crippen LogP contribution in [0, 0.1) is 5.92 Å². The van der Waals surface area contributed by atoms with Gasteiger partial charge in [0.25, 0.3) is 0 Å². The maximum atomic E-state index is 12.4. The van der Waals surface area contributed by atoms with Crippen molar-refractivity contribution < 1.29 is 22.2 Å². The van der Waals surface area contributed by atoms with Gasteiger partial charge in [0.2, 0.25) is 5.91 Å². The molecule has 0 bridgehead atoms. The normalized spacial score (nSPS) is 13.9. The van der Waals surface area contributed by atoms with Crippen molar-refractivity contribution in [2.45, 2.75) is 31.0 Å². The Morgan fingerprint density at radius 2 is 2.00 bits per heavy atom. The number of H-pyrrole nitrogens is 1. The van der Waals surface area contributed by atoms with Crippen LogP contribution in [0.2, 0.25) is 0 Å². The number of nitrogens with zero attached hydrogens (tertiary/aromatic N) is 2. The lowest BCUT2D eigenvalue weighted by atomic mass is 10.0. The Hall–Kier alpha value is -2.99. The van der Waals surface area contributed by atoms with E-state index in [0.717, 1.165) is 0 Å². The van der Waals surface area contributed by atoms with Crippen LogP contribution in [-0.4, -0.2) is 43.8 Å². The second-order valence-electron chi connectivity index (χ2n) is 7.23. The van der Waals surface area contributed by atoms with E-state index in [4.69, 9.17) is 5.14 Å². The third kappa shape index (κ3) is 5.58. The van der Waals surface area contributed by atoms with Gasteiger partial charge in [0.1, 0.15) is 29.2 Å². The highest BCUT2D eigenvalue weighted by atomic mass is 32.2. The molecule has 2 unspecified atom stereocenters. The molecule has 31 heavy (non-hydrogen) atoms. The minimum absolute atomic E-state index is 0.281. The van der Waals surface area contributed by atoms with Crippen molar-refractivity contribution in [1.29, 1.82) is 0 Å². The quantitative estimate of drug-likeness (QED) is 0.437. The van der Waals surface area contributed by atoms with Crippen molar-refractivity contribution in [3.05, 3.63) is 36.9 Å². The van der Waals surface area contributed by atoms with Crippen LogP contribution in [0.25, 0.3) is 22.2 Å². The smallest absolute Gasteiger partial charge is 0.372 e. The number of rotatable bonds is 7. The molecule has 0 saturated carbocycles. The van der Waals surface area contributed by atoms with Crippen LogP contribution < -0.4 is 15.8 Å². The summed E-state index contributed by atoms with van der Waals surface area (Å²) in [5.74, 6) is -1.04. The van der Waals surface area contributed by atoms with Crippen LogP contribution in [0.1, 0.15) is 13.8 Å². The molecule has 8 nitrogen and oxygen atoms in total. The summed E-state index contributed by atoms with van der Waals surface area (Å²) in [6, 6.07) is 2.48. The van der Waals surface area contributed by atoms with E-state index in [2.05, 4.69) is 20.3 Å². The van der Waals surface area contributed by atoms with Crippen LogP contribution in [0.5, 0.6) is 0 Å². The SMILES string of the molecule is CC(C)C(Nc1cncc(-c2c[nH]c3ncc(S(N)=O)cc23)c1)C(=O)NCC(F)(F)F. The second-order valence-corrected chi connectivity index (χ2v) is 8.29. The Labute approximate surface area is 178 Å². The number of alkyl halides is 3. The van der Waals surface area contributed by atoms with Gasteiger partial charge in [-0.05, 0) is 18.1 Å². The first-order valence-corrected chi connectivity index (χ1v) is 10.5. The lowest BCUT2D eigenvalue weighted by Crippen LogP contribution is -2.46. The van der Waals surface area contributed by atoms with Crippen LogP contribution in [0.4, 0.5) is 18.9 Å². The Kier molecular flexibility index (Phi) is 6.60. The summed E-state index contributed by atoms with van der Waals surface area (Å²) in [5.41, 5.74) is 2.40. The van der Waals surface area contributed by atoms with Crippen LogP contribution in [0.15, 0.2) is 41.8 Å². The van der Waals surface area contributed by atoms with E-state index in [9.17, 15) is 22.2 Å². The number of nitrogens with one attached hydrogen (secondary N) is 3. The van der Waals surface area contributed by atoms with Gasteiger partial charge < -0.3 is 15.6 Å². The van der Waals surface area contributed by atoms with E-state index in [1.54, 1.807) is 38.4 Å². The van der Waals surface area contributed by atoms with Gasteiger partial charge in [-0.15, -0.1) is 0 Å². The molecule has 5 N–H and O–H groups in total. The van der Waals surface area contributed by atoms with Gasteiger partial charge in [0, 0.05) is 41.3 Å². The lowest BCUT2D eigenvalue weighted by Gasteiger charge is -2.23. The Balaban J connectivity index is 1.87. The van der Waals surface area contributed by atoms with Gasteiger partial charge in [-0.25, -0.2) is 14.3 Å². The highest BCUT2D eigenvalue weighted by molar-refractivity contribution is 7.82. The fraction of sp³-hybridized carbons (Fsp3) is 0.316. The van der Waals surface area contributed by atoms with Crippen molar-refractivity contribution in [3.63, 3.8) is 0 Å². The summed E-state index contributed by atoms with van der Waals surface area (Å²) in [6.45, 7) is 2.05. The van der Waals surface area contributed by atoms with E-state index in [1.165, 1.54) is 12.4 Å². The summed E-state index contributed by atoms with van der Waals surface area (Å²) < 4.78 is 48.9. The molecular weight excluding hydrogens is 433 g/mol. The average molecular weight is 454 g/mol. The molecule has 2 atom stereocenters. The number of pyridine rings is 2. The van der Waals surface area contributed by atoms with E-state index in [-0.39, 0.29) is 5.92 Å². The minimum atomic E-state index is -4.49. The summed E-state index contributed by atoms with van der Waals surface area (Å²) in [4.78, 5) is 24.0. The van der Waals surface area contributed by atoms with Gasteiger partial charge in [-0.3, -0.25) is 9.78 Å². The summed E-state index contributed by atoms with van der Waals surface area (Å²) in [6.07, 6.45) is 1.70. The first kappa shape index (κ1) is 22.7. The van der Waals surface area contributed by atoms with Gasteiger partial charge in [0.15, 0.2) is 0 Å². The maximum absolute atomic E-state index is 12.4. The number of aromatic amines is 1. The van der Waals surface area contributed by atoms with E-state index in [0.29, 0.717) is 32.7 Å². The summed E-state index contributed by atoms with van der Waals surface area (Å²) in [7, 11) is -1.69. The van der Waals surface area contributed by atoms with Crippen LogP contribution in [0.3, 0.4) is 0 Å². The number of carbonyl (C=O) groups excluding carboxylic acids is 1. The number of fused-ring (bicyclic) bond motifs is 1. The first-order valence-electron chi connectivity index (χ1n) is 9.25. The molecule has 0 aliphatic heterocycles. The molecule has 0 aliphatic carbocycles. The number of halogens is 3. The van der Waals surface area contributed by atoms with Gasteiger partial charge >= 0.3 is 6.18 Å². The topological polar surface area (TPSA) is 126 Å². The molecule has 0 saturated heterocycles. The van der Waals surface area contributed by atoms with E-state index in [1.807, 2.05) is 5.32 Å². The fourth-order valence-electron chi connectivity index (χ4n) is 3.01. The molecule has 1 amide bonds. The number of hydrogen-bond donors (Lipinski definition) is 4. The van der Waals surface area contributed by atoms with Crippen molar-refractivity contribution in [2.75, 3.05) is 11.9 Å². The number of carbonyl (C=O) groups is 1. The molecule has 166 valence electrons. The number of hydrogen-bond acceptors (Lipinski definition) is 5. The minimum Gasteiger partial charge on any atom is -0.372 e. The lowest BCUT2D eigenvalue weighted by molar-refractivity contribution is -0.139. The average Bonchev–Trinajstić information content (AvgIpc) is 3.13. The zero-order valence-electron chi connectivity index (χ0n) is 16.7. The molecule has 0 aliphatic rings. The number of anilines is 1. The van der Waals surface area contributed by atoms with Gasteiger partial charge in [-0.1, -0.05) is 13.8 Å². The molecule has 3 aromatic rings. The molecule has 0 radical (unpaired) electrons. The summed E-state index contributed by atoms with van der Waals surface area (Å²) in [5, 5.41) is 11.0. The van der Waals surface area contributed by atoms with Crippen molar-refractivity contribution in [2.24, 2.45) is 11.1 Å². The molecule has 0 fully saturated rings. The monoisotopic (exact) mass is 454 g/mol. The van der Waals surface area contributed by atoms with Crippen molar-refractivity contribution in [1.82, 2.24) is 20.3 Å². The largest absolute Gasteiger partial charge is 0.405 e.